The van der Waals surface area contributed by atoms with E-state index >= 15 is 0 Å². The first-order valence-electron chi connectivity index (χ1n) is 10.0. The summed E-state index contributed by atoms with van der Waals surface area (Å²) in [5.41, 5.74) is 4.32. The molecule has 3 rings (SSSR count). The Kier molecular flexibility index (Phi) is 6.92. The molecule has 152 valence electrons. The van der Waals surface area contributed by atoms with E-state index in [9.17, 15) is 4.79 Å². The second kappa shape index (κ2) is 9.59. The summed E-state index contributed by atoms with van der Waals surface area (Å²) < 4.78 is 7.13. The van der Waals surface area contributed by atoms with Crippen LogP contribution < -0.4 is 15.4 Å². The van der Waals surface area contributed by atoms with Gasteiger partial charge in [-0.3, -0.25) is 4.90 Å². The molecule has 0 spiro atoms. The van der Waals surface area contributed by atoms with Gasteiger partial charge in [0.15, 0.2) is 0 Å². The highest BCUT2D eigenvalue weighted by molar-refractivity contribution is 5.74. The van der Waals surface area contributed by atoms with Crippen LogP contribution in [0.15, 0.2) is 24.3 Å². The normalized spacial score (nSPS) is 14.2. The van der Waals surface area contributed by atoms with Gasteiger partial charge in [0, 0.05) is 20.1 Å². The van der Waals surface area contributed by atoms with Crippen molar-refractivity contribution in [1.29, 1.82) is 0 Å². The van der Waals surface area contributed by atoms with E-state index in [1.54, 1.807) is 11.8 Å². The fourth-order valence-corrected chi connectivity index (χ4v) is 3.80. The zero-order valence-corrected chi connectivity index (χ0v) is 17.1. The lowest BCUT2D eigenvalue weighted by Gasteiger charge is -2.18. The van der Waals surface area contributed by atoms with E-state index in [0.29, 0.717) is 19.0 Å². The number of aryl methyl sites for hydroxylation is 2. The number of hydrogen-bond acceptors (Lipinski definition) is 4. The molecule has 1 saturated heterocycles. The fraction of sp³-hybridized carbons (Fsp3) is 0.524. The molecule has 7 nitrogen and oxygen atoms in total. The van der Waals surface area contributed by atoms with Gasteiger partial charge in [0.05, 0.1) is 24.9 Å². The van der Waals surface area contributed by atoms with Crippen molar-refractivity contribution in [2.24, 2.45) is 7.05 Å². The van der Waals surface area contributed by atoms with Crippen LogP contribution in [0.25, 0.3) is 0 Å². The van der Waals surface area contributed by atoms with Crippen LogP contribution >= 0.6 is 0 Å². The van der Waals surface area contributed by atoms with Crippen LogP contribution in [0.4, 0.5) is 4.79 Å². The minimum atomic E-state index is -0.191. The predicted molar refractivity (Wildman–Crippen MR) is 109 cm³/mol. The summed E-state index contributed by atoms with van der Waals surface area (Å²) in [6.07, 6.45) is 3.35. The van der Waals surface area contributed by atoms with E-state index in [0.717, 1.165) is 42.9 Å². The Morgan fingerprint density at radius 3 is 2.50 bits per heavy atom. The highest BCUT2D eigenvalue weighted by Crippen LogP contribution is 2.21. The Morgan fingerprint density at radius 2 is 1.82 bits per heavy atom. The zero-order valence-electron chi connectivity index (χ0n) is 17.1. The van der Waals surface area contributed by atoms with Crippen molar-refractivity contribution in [1.82, 2.24) is 25.3 Å². The van der Waals surface area contributed by atoms with E-state index in [2.05, 4.69) is 38.8 Å². The molecule has 0 saturated carbocycles. The minimum Gasteiger partial charge on any atom is -0.481 e. The molecule has 1 aromatic heterocycles. The van der Waals surface area contributed by atoms with Gasteiger partial charge in [0.1, 0.15) is 0 Å². The highest BCUT2D eigenvalue weighted by Gasteiger charge is 2.17. The fourth-order valence-electron chi connectivity index (χ4n) is 3.80. The largest absolute Gasteiger partial charge is 0.481 e. The summed E-state index contributed by atoms with van der Waals surface area (Å²) in [4.78, 5) is 14.8. The molecule has 2 heterocycles. The molecule has 2 aromatic rings. The van der Waals surface area contributed by atoms with Gasteiger partial charge >= 0.3 is 6.03 Å². The number of hydrogen-bond donors (Lipinski definition) is 2. The Morgan fingerprint density at radius 1 is 1.14 bits per heavy atom. The third-order valence-electron chi connectivity index (χ3n) is 5.28. The highest BCUT2D eigenvalue weighted by atomic mass is 16.5. The molecule has 0 unspecified atom stereocenters. The van der Waals surface area contributed by atoms with Crippen LogP contribution in [0, 0.1) is 0 Å². The van der Waals surface area contributed by atoms with E-state index in [1.807, 2.05) is 20.0 Å². The number of carbonyl (C=O) groups excluding carboxylic acids is 1. The minimum absolute atomic E-state index is 0.191. The maximum absolute atomic E-state index is 12.4. The number of aromatic nitrogens is 2. The number of ether oxygens (including phenoxy) is 1. The smallest absolute Gasteiger partial charge is 0.315 e. The van der Waals surface area contributed by atoms with Crippen LogP contribution in [0.2, 0.25) is 0 Å². The predicted octanol–water partition coefficient (Wildman–Crippen LogP) is 2.59. The van der Waals surface area contributed by atoms with E-state index in [4.69, 9.17) is 4.74 Å². The average molecular weight is 386 g/mol. The second-order valence-electron chi connectivity index (χ2n) is 7.20. The molecule has 1 aliphatic heterocycles. The molecular weight excluding hydrogens is 354 g/mol. The van der Waals surface area contributed by atoms with Crippen molar-refractivity contribution >= 4 is 6.03 Å². The Hall–Kier alpha value is -2.54. The quantitative estimate of drug-likeness (QED) is 0.733. The Bertz CT molecular complexity index is 796. The molecule has 1 fully saturated rings. The van der Waals surface area contributed by atoms with Gasteiger partial charge in [-0.2, -0.15) is 5.10 Å². The molecule has 2 amide bonds. The topological polar surface area (TPSA) is 71.4 Å². The number of carbonyl (C=O) groups is 1. The molecule has 2 N–H and O–H groups in total. The van der Waals surface area contributed by atoms with Gasteiger partial charge in [-0.25, -0.2) is 9.48 Å². The monoisotopic (exact) mass is 385 g/mol. The van der Waals surface area contributed by atoms with Crippen molar-refractivity contribution in [3.05, 3.63) is 46.6 Å². The van der Waals surface area contributed by atoms with Crippen molar-refractivity contribution in [2.45, 2.75) is 45.8 Å². The van der Waals surface area contributed by atoms with Gasteiger partial charge in [-0.15, -0.1) is 0 Å². The standard InChI is InChI=1S/C21H31N5O2/c1-4-19-18(20(28-3)25(2)24-19)14-23-21(27)22-13-16-9-5-6-10-17(16)15-26-11-7-8-12-26/h5-6,9-10H,4,7-8,11-15H2,1-3H3,(H2,22,23,27). The maximum Gasteiger partial charge on any atom is 0.315 e. The van der Waals surface area contributed by atoms with E-state index < -0.39 is 0 Å². The van der Waals surface area contributed by atoms with Crippen molar-refractivity contribution in [2.75, 3.05) is 20.2 Å². The lowest BCUT2D eigenvalue weighted by molar-refractivity contribution is 0.240. The first-order valence-corrected chi connectivity index (χ1v) is 10.0. The number of rotatable bonds is 8. The van der Waals surface area contributed by atoms with E-state index in [1.165, 1.54) is 18.4 Å². The van der Waals surface area contributed by atoms with Crippen molar-refractivity contribution in [3.8, 4) is 5.88 Å². The van der Waals surface area contributed by atoms with Crippen LogP contribution in [-0.4, -0.2) is 40.9 Å². The van der Waals surface area contributed by atoms with Crippen molar-refractivity contribution < 1.29 is 9.53 Å². The summed E-state index contributed by atoms with van der Waals surface area (Å²) in [6, 6.07) is 8.14. The third kappa shape index (κ3) is 4.84. The van der Waals surface area contributed by atoms with Crippen molar-refractivity contribution in [3.63, 3.8) is 0 Å². The number of nitrogens with one attached hydrogen (secondary N) is 2. The number of methoxy groups -OCH3 is 1. The van der Waals surface area contributed by atoms with Gasteiger partial charge < -0.3 is 15.4 Å². The van der Waals surface area contributed by atoms with E-state index in [-0.39, 0.29) is 6.03 Å². The van der Waals surface area contributed by atoms with Crippen LogP contribution in [0.3, 0.4) is 0 Å². The second-order valence-corrected chi connectivity index (χ2v) is 7.20. The summed E-state index contributed by atoms with van der Waals surface area (Å²) in [5.74, 6) is 0.688. The number of urea groups is 1. The maximum atomic E-state index is 12.4. The molecule has 0 radical (unpaired) electrons. The number of nitrogens with zero attached hydrogens (tertiary/aromatic N) is 3. The van der Waals surface area contributed by atoms with Gasteiger partial charge in [-0.1, -0.05) is 31.2 Å². The molecule has 1 aromatic carbocycles. The summed E-state index contributed by atoms with van der Waals surface area (Å²) >= 11 is 0. The summed E-state index contributed by atoms with van der Waals surface area (Å²) in [5, 5.41) is 10.4. The third-order valence-corrected chi connectivity index (χ3v) is 5.28. The Labute approximate surface area is 167 Å². The molecule has 28 heavy (non-hydrogen) atoms. The molecule has 0 atom stereocenters. The first-order chi connectivity index (χ1) is 13.6. The number of benzene rings is 1. The number of likely N-dealkylation sites (tertiary alicyclic amines) is 1. The summed E-state index contributed by atoms with van der Waals surface area (Å²) in [6.45, 7) is 6.22. The van der Waals surface area contributed by atoms with Crippen LogP contribution in [0.5, 0.6) is 5.88 Å². The zero-order chi connectivity index (χ0) is 19.9. The lowest BCUT2D eigenvalue weighted by atomic mass is 10.1. The average Bonchev–Trinajstić information content (AvgIpc) is 3.32. The summed E-state index contributed by atoms with van der Waals surface area (Å²) in [7, 11) is 3.47. The molecule has 1 aliphatic rings. The lowest BCUT2D eigenvalue weighted by Crippen LogP contribution is -2.35. The van der Waals surface area contributed by atoms with Crippen LogP contribution in [0.1, 0.15) is 42.1 Å². The van der Waals surface area contributed by atoms with Gasteiger partial charge in [-0.05, 0) is 43.5 Å². The molecule has 0 aliphatic carbocycles. The Balaban J connectivity index is 1.55. The molecule has 0 bridgehead atoms. The van der Waals surface area contributed by atoms with Gasteiger partial charge in [0.2, 0.25) is 5.88 Å². The van der Waals surface area contributed by atoms with Crippen LogP contribution in [-0.2, 0) is 33.1 Å². The molecular formula is C21H31N5O2. The molecule has 7 heteroatoms. The first kappa shape index (κ1) is 20.2. The SMILES string of the molecule is CCc1nn(C)c(OC)c1CNC(=O)NCc1ccccc1CN1CCCC1. The number of amides is 2. The van der Waals surface area contributed by atoms with Gasteiger partial charge in [0.25, 0.3) is 0 Å².